The van der Waals surface area contributed by atoms with E-state index >= 15 is 0 Å². The maximum Gasteiger partial charge on any atom is 0.0543 e. The lowest BCUT2D eigenvalue weighted by molar-refractivity contribution is 0.105. The molecule has 0 heterocycles. The van der Waals surface area contributed by atoms with Gasteiger partial charge in [-0.25, -0.2) is 0 Å². The number of rotatable bonds is 7. The van der Waals surface area contributed by atoms with E-state index in [4.69, 9.17) is 4.74 Å². The highest BCUT2D eigenvalue weighted by Gasteiger charge is 2.30. The van der Waals surface area contributed by atoms with Crippen LogP contribution in [0.3, 0.4) is 0 Å². The third-order valence-electron chi connectivity index (χ3n) is 2.94. The molecule has 0 spiro atoms. The van der Waals surface area contributed by atoms with Crippen molar-refractivity contribution in [3.63, 3.8) is 0 Å². The molecular formula is C11H23NO. The zero-order valence-corrected chi connectivity index (χ0v) is 9.18. The highest BCUT2D eigenvalue weighted by molar-refractivity contribution is 4.86. The van der Waals surface area contributed by atoms with Crippen LogP contribution in [-0.4, -0.2) is 25.8 Å². The molecule has 1 fully saturated rings. The van der Waals surface area contributed by atoms with E-state index in [1.807, 2.05) is 0 Å². The molecule has 1 saturated carbocycles. The Kier molecular flexibility index (Phi) is 4.74. The first-order chi connectivity index (χ1) is 6.27. The fourth-order valence-corrected chi connectivity index (χ4v) is 1.80. The van der Waals surface area contributed by atoms with Crippen LogP contribution in [0.4, 0.5) is 0 Å². The Morgan fingerprint density at radius 2 is 2.08 bits per heavy atom. The predicted molar refractivity (Wildman–Crippen MR) is 55.9 cm³/mol. The third-order valence-corrected chi connectivity index (χ3v) is 2.94. The van der Waals surface area contributed by atoms with E-state index in [-0.39, 0.29) is 0 Å². The van der Waals surface area contributed by atoms with Crippen LogP contribution in [0.2, 0.25) is 0 Å². The highest BCUT2D eigenvalue weighted by atomic mass is 16.5. The molecular weight excluding hydrogens is 162 g/mol. The Morgan fingerprint density at radius 1 is 1.38 bits per heavy atom. The van der Waals surface area contributed by atoms with Gasteiger partial charge >= 0.3 is 0 Å². The minimum absolute atomic E-state index is 0.417. The zero-order valence-electron chi connectivity index (χ0n) is 9.18. The van der Waals surface area contributed by atoms with Crippen LogP contribution >= 0.6 is 0 Å². The van der Waals surface area contributed by atoms with E-state index in [0.29, 0.717) is 6.10 Å². The van der Waals surface area contributed by atoms with E-state index in [9.17, 15) is 0 Å². The summed E-state index contributed by atoms with van der Waals surface area (Å²) in [6, 6.07) is 0.752. The smallest absolute Gasteiger partial charge is 0.0543 e. The van der Waals surface area contributed by atoms with E-state index in [0.717, 1.165) is 18.5 Å². The highest BCUT2D eigenvalue weighted by Crippen LogP contribution is 2.34. The number of methoxy groups -OCH3 is 1. The summed E-state index contributed by atoms with van der Waals surface area (Å²) in [5, 5.41) is 3.57. The molecule has 1 aliphatic carbocycles. The lowest BCUT2D eigenvalue weighted by Gasteiger charge is -2.18. The standard InChI is InChI=1S/C11H23NO/c1-4-12-11(10-6-7-10)8-5-9(2)13-3/h9-12H,4-8H2,1-3H3. The van der Waals surface area contributed by atoms with Crippen LogP contribution in [-0.2, 0) is 4.74 Å². The van der Waals surface area contributed by atoms with Crippen molar-refractivity contribution in [3.8, 4) is 0 Å². The van der Waals surface area contributed by atoms with Crippen LogP contribution in [0.1, 0.15) is 39.5 Å². The monoisotopic (exact) mass is 185 g/mol. The van der Waals surface area contributed by atoms with E-state index in [1.165, 1.54) is 25.7 Å². The summed E-state index contributed by atoms with van der Waals surface area (Å²) in [7, 11) is 1.80. The normalized spacial score (nSPS) is 21.5. The summed E-state index contributed by atoms with van der Waals surface area (Å²) >= 11 is 0. The van der Waals surface area contributed by atoms with Gasteiger partial charge in [-0.3, -0.25) is 0 Å². The van der Waals surface area contributed by atoms with Gasteiger partial charge in [-0.1, -0.05) is 6.92 Å². The molecule has 1 rings (SSSR count). The fourth-order valence-electron chi connectivity index (χ4n) is 1.80. The molecule has 0 aromatic heterocycles. The first kappa shape index (κ1) is 11.0. The summed E-state index contributed by atoms with van der Waals surface area (Å²) < 4.78 is 5.25. The largest absolute Gasteiger partial charge is 0.382 e. The number of hydrogen-bond donors (Lipinski definition) is 1. The molecule has 2 heteroatoms. The van der Waals surface area contributed by atoms with Gasteiger partial charge in [0, 0.05) is 13.2 Å². The second kappa shape index (κ2) is 5.61. The summed E-state index contributed by atoms with van der Waals surface area (Å²) in [5.41, 5.74) is 0. The molecule has 0 saturated heterocycles. The lowest BCUT2D eigenvalue weighted by Crippen LogP contribution is -2.31. The van der Waals surface area contributed by atoms with Gasteiger partial charge in [0.15, 0.2) is 0 Å². The Bertz CT molecular complexity index is 134. The van der Waals surface area contributed by atoms with Crippen LogP contribution in [0.15, 0.2) is 0 Å². The molecule has 78 valence electrons. The number of ether oxygens (including phenoxy) is 1. The summed E-state index contributed by atoms with van der Waals surface area (Å²) in [6.07, 6.45) is 5.73. The average molecular weight is 185 g/mol. The molecule has 0 aromatic carbocycles. The lowest BCUT2D eigenvalue weighted by atomic mass is 10.0. The van der Waals surface area contributed by atoms with Crippen molar-refractivity contribution < 1.29 is 4.74 Å². The molecule has 0 aliphatic heterocycles. The van der Waals surface area contributed by atoms with E-state index < -0.39 is 0 Å². The minimum Gasteiger partial charge on any atom is -0.382 e. The van der Waals surface area contributed by atoms with Crippen LogP contribution in [0, 0.1) is 5.92 Å². The molecule has 13 heavy (non-hydrogen) atoms. The Morgan fingerprint density at radius 3 is 2.54 bits per heavy atom. The van der Waals surface area contributed by atoms with Gasteiger partial charge in [0.2, 0.25) is 0 Å². The van der Waals surface area contributed by atoms with Gasteiger partial charge in [0.25, 0.3) is 0 Å². The summed E-state index contributed by atoms with van der Waals surface area (Å²) in [6.45, 7) is 5.44. The SMILES string of the molecule is CCNC(CCC(C)OC)C1CC1. The first-order valence-electron chi connectivity index (χ1n) is 5.54. The molecule has 1 N–H and O–H groups in total. The number of nitrogens with one attached hydrogen (secondary N) is 1. The van der Waals surface area contributed by atoms with Gasteiger partial charge < -0.3 is 10.1 Å². The molecule has 0 bridgehead atoms. The van der Waals surface area contributed by atoms with Crippen molar-refractivity contribution >= 4 is 0 Å². The maximum atomic E-state index is 5.25. The van der Waals surface area contributed by atoms with Crippen LogP contribution in [0.5, 0.6) is 0 Å². The van der Waals surface area contributed by atoms with Gasteiger partial charge in [0.1, 0.15) is 0 Å². The van der Waals surface area contributed by atoms with E-state index in [2.05, 4.69) is 19.2 Å². The van der Waals surface area contributed by atoms with Gasteiger partial charge in [0.05, 0.1) is 6.10 Å². The molecule has 2 atom stereocenters. The van der Waals surface area contributed by atoms with Crippen molar-refractivity contribution in [2.75, 3.05) is 13.7 Å². The fraction of sp³-hybridized carbons (Fsp3) is 1.00. The van der Waals surface area contributed by atoms with Gasteiger partial charge in [-0.15, -0.1) is 0 Å². The third kappa shape index (κ3) is 4.10. The van der Waals surface area contributed by atoms with E-state index in [1.54, 1.807) is 7.11 Å². The van der Waals surface area contributed by atoms with Crippen molar-refractivity contribution in [1.82, 2.24) is 5.32 Å². The van der Waals surface area contributed by atoms with Crippen molar-refractivity contribution in [2.24, 2.45) is 5.92 Å². The summed E-state index contributed by atoms with van der Waals surface area (Å²) in [5.74, 6) is 0.962. The van der Waals surface area contributed by atoms with Crippen molar-refractivity contribution in [1.29, 1.82) is 0 Å². The Labute approximate surface area is 82.0 Å². The minimum atomic E-state index is 0.417. The van der Waals surface area contributed by atoms with Crippen LogP contribution < -0.4 is 5.32 Å². The molecule has 0 aromatic rings. The Balaban J connectivity index is 2.14. The van der Waals surface area contributed by atoms with Crippen molar-refractivity contribution in [2.45, 2.75) is 51.7 Å². The first-order valence-corrected chi connectivity index (χ1v) is 5.54. The Hall–Kier alpha value is -0.0800. The second-order valence-electron chi connectivity index (χ2n) is 4.13. The second-order valence-corrected chi connectivity index (χ2v) is 4.13. The number of hydrogen-bond acceptors (Lipinski definition) is 2. The molecule has 2 nitrogen and oxygen atoms in total. The molecule has 0 amide bonds. The zero-order chi connectivity index (χ0) is 9.68. The molecule has 0 radical (unpaired) electrons. The predicted octanol–water partition coefficient (Wildman–Crippen LogP) is 2.19. The maximum absolute atomic E-state index is 5.25. The van der Waals surface area contributed by atoms with Gasteiger partial charge in [-0.2, -0.15) is 0 Å². The average Bonchev–Trinajstić information content (AvgIpc) is 2.94. The summed E-state index contributed by atoms with van der Waals surface area (Å²) in [4.78, 5) is 0. The quantitative estimate of drug-likeness (QED) is 0.656. The molecule has 2 unspecified atom stereocenters. The molecule has 1 aliphatic rings. The van der Waals surface area contributed by atoms with Crippen molar-refractivity contribution in [3.05, 3.63) is 0 Å². The van der Waals surface area contributed by atoms with Crippen LogP contribution in [0.25, 0.3) is 0 Å². The van der Waals surface area contributed by atoms with Gasteiger partial charge in [-0.05, 0) is 45.1 Å². The topological polar surface area (TPSA) is 21.3 Å².